The molecule has 3 aromatic heterocycles. The van der Waals surface area contributed by atoms with Crippen molar-refractivity contribution in [1.29, 1.82) is 0 Å². The van der Waals surface area contributed by atoms with Crippen molar-refractivity contribution in [2.24, 2.45) is 0 Å². The Morgan fingerprint density at radius 1 is 0.410 bits per heavy atom. The minimum atomic E-state index is -0.420. The van der Waals surface area contributed by atoms with E-state index in [1.54, 1.807) is 11.3 Å². The number of benzene rings is 8. The summed E-state index contributed by atoms with van der Waals surface area (Å²) in [5, 5.41) is 6.97. The maximum atomic E-state index is 4.92. The summed E-state index contributed by atoms with van der Waals surface area (Å²) in [6.45, 7) is 0.0725. The Labute approximate surface area is 357 Å². The van der Waals surface area contributed by atoms with Gasteiger partial charge >= 0.3 is 0 Å². The fourth-order valence-electron chi connectivity index (χ4n) is 11.6. The van der Waals surface area contributed by atoms with Gasteiger partial charge in [0.1, 0.15) is 0 Å². The van der Waals surface area contributed by atoms with Crippen LogP contribution in [0.3, 0.4) is 0 Å². The summed E-state index contributed by atoms with van der Waals surface area (Å²) < 4.78 is 0. The minimum absolute atomic E-state index is 0.0725. The highest BCUT2D eigenvalue weighted by molar-refractivity contribution is 7.13. The molecule has 0 N–H and O–H groups in total. The molecule has 4 heterocycles. The quantitative estimate of drug-likeness (QED) is 0.132. The fraction of sp³-hybridized carbons (Fsp3) is 0.0175. The largest absolute Gasteiger partial charge is 0.254 e. The van der Waals surface area contributed by atoms with Gasteiger partial charge in [-0.2, -0.15) is 0 Å². The average Bonchev–Trinajstić information content (AvgIpc) is 4.12. The first-order valence-electron chi connectivity index (χ1n) is 21.1. The van der Waals surface area contributed by atoms with Gasteiger partial charge in [-0.15, -0.1) is 11.3 Å². The second-order valence-corrected chi connectivity index (χ2v) is 17.7. The van der Waals surface area contributed by atoms with Crippen LogP contribution >= 0.6 is 11.3 Å². The fourth-order valence-corrected chi connectivity index (χ4v) is 12.3. The monoisotopic (exact) mass is 788 g/mol. The van der Waals surface area contributed by atoms with Gasteiger partial charge in [0, 0.05) is 28.0 Å². The first kappa shape index (κ1) is 33.4. The summed E-state index contributed by atoms with van der Waals surface area (Å²) in [7, 11) is 0. The zero-order valence-corrected chi connectivity index (χ0v) is 33.7. The molecule has 2 nitrogen and oxygen atoms in total. The van der Waals surface area contributed by atoms with Gasteiger partial charge in [-0.3, -0.25) is 9.97 Å². The maximum Gasteiger partial charge on any atom is 0.243 e. The molecule has 1 spiro atoms. The van der Waals surface area contributed by atoms with Gasteiger partial charge in [-0.1, -0.05) is 168 Å². The summed E-state index contributed by atoms with van der Waals surface area (Å²) in [6, 6.07) is 68.5. The van der Waals surface area contributed by atoms with Crippen molar-refractivity contribution >= 4 is 67.0 Å². The predicted octanol–water partition coefficient (Wildman–Crippen LogP) is 12.2. The van der Waals surface area contributed by atoms with E-state index in [2.05, 4.69) is 181 Å². The molecule has 3 aliphatic rings. The SMILES string of the molecule is c1csc(-c2ccc3c(c2)C2(c4ccccc4-c4ccccc42)c2cc(-c4ccc(B5c6ccccc6-c6ccc7c8cccnc8c8ncccc8c7c65)cc4)ccc2-3)c1. The zero-order valence-electron chi connectivity index (χ0n) is 32.9. The third kappa shape index (κ3) is 4.37. The van der Waals surface area contributed by atoms with Crippen LogP contribution in [0.4, 0.5) is 0 Å². The first-order chi connectivity index (χ1) is 30.3. The first-order valence-corrected chi connectivity index (χ1v) is 22.0. The van der Waals surface area contributed by atoms with Gasteiger partial charge in [0.15, 0.2) is 0 Å². The second kappa shape index (κ2) is 12.3. The van der Waals surface area contributed by atoms with Crippen LogP contribution in [0.2, 0.25) is 0 Å². The molecule has 0 amide bonds. The van der Waals surface area contributed by atoms with Crippen LogP contribution < -0.4 is 16.4 Å². The van der Waals surface area contributed by atoms with E-state index in [0.717, 1.165) is 21.8 Å². The standard InChI is InChI=1S/C57H33BN2S/c1-4-15-47-38(10-1)39-11-2-5-16-48(39)57(47)49-32-35(21-25-40(49)41-26-22-36(33-50(41)57)52-18-9-31-61-52)34-19-23-37(24-20-34)58-51-17-6-3-12-42(51)44-28-27-43-45-13-7-29-59-55(45)56-46(14-8-30-60-56)53(43)54(44)58/h1-33H. The van der Waals surface area contributed by atoms with Crippen molar-refractivity contribution in [3.8, 4) is 54.9 Å². The molecule has 0 saturated carbocycles. The Balaban J connectivity index is 0.954. The third-order valence-corrected chi connectivity index (χ3v) is 14.9. The lowest BCUT2D eigenvalue weighted by Crippen LogP contribution is -2.49. The normalized spacial score (nSPS) is 13.7. The Kier molecular flexibility index (Phi) is 6.76. The van der Waals surface area contributed by atoms with E-state index in [0.29, 0.717) is 0 Å². The van der Waals surface area contributed by atoms with Crippen LogP contribution in [0.25, 0.3) is 87.5 Å². The second-order valence-electron chi connectivity index (χ2n) is 16.7. The number of hydrogen-bond donors (Lipinski definition) is 0. The molecule has 8 aromatic carbocycles. The molecule has 0 saturated heterocycles. The molecule has 0 radical (unpaired) electrons. The highest BCUT2D eigenvalue weighted by atomic mass is 32.1. The molecule has 0 unspecified atom stereocenters. The molecule has 61 heavy (non-hydrogen) atoms. The number of fused-ring (bicyclic) bond motifs is 20. The molecule has 11 aromatic rings. The summed E-state index contributed by atoms with van der Waals surface area (Å²) in [6.07, 6.45) is 3.77. The van der Waals surface area contributed by atoms with Crippen LogP contribution in [-0.4, -0.2) is 16.7 Å². The van der Waals surface area contributed by atoms with E-state index in [-0.39, 0.29) is 6.71 Å². The van der Waals surface area contributed by atoms with Gasteiger partial charge < -0.3 is 0 Å². The molecule has 0 fully saturated rings. The van der Waals surface area contributed by atoms with Gasteiger partial charge in [-0.05, 0) is 119 Å². The molecular weight excluding hydrogens is 756 g/mol. The van der Waals surface area contributed by atoms with E-state index < -0.39 is 5.41 Å². The van der Waals surface area contributed by atoms with E-state index in [1.807, 2.05) is 18.5 Å². The maximum absolute atomic E-state index is 4.92. The number of thiophene rings is 1. The molecular formula is C57H33BN2S. The molecule has 2 aliphatic carbocycles. The van der Waals surface area contributed by atoms with Gasteiger partial charge in [0.2, 0.25) is 6.71 Å². The minimum Gasteiger partial charge on any atom is -0.254 e. The number of pyridine rings is 2. The molecule has 0 bridgehead atoms. The van der Waals surface area contributed by atoms with Crippen molar-refractivity contribution in [3.63, 3.8) is 0 Å². The topological polar surface area (TPSA) is 25.8 Å². The highest BCUT2D eigenvalue weighted by Crippen LogP contribution is 2.63. The van der Waals surface area contributed by atoms with Crippen molar-refractivity contribution < 1.29 is 0 Å². The molecule has 0 atom stereocenters. The number of aromatic nitrogens is 2. The van der Waals surface area contributed by atoms with E-state index in [9.17, 15) is 0 Å². The van der Waals surface area contributed by atoms with Crippen molar-refractivity contribution in [2.75, 3.05) is 0 Å². The van der Waals surface area contributed by atoms with E-state index >= 15 is 0 Å². The van der Waals surface area contributed by atoms with Gasteiger partial charge in [-0.25, -0.2) is 0 Å². The number of nitrogens with zero attached hydrogens (tertiary/aromatic N) is 2. The van der Waals surface area contributed by atoms with Crippen LogP contribution in [0, 0.1) is 0 Å². The Hall–Kier alpha value is -7.40. The Bertz CT molecular complexity index is 3580. The highest BCUT2D eigenvalue weighted by Gasteiger charge is 2.51. The lowest BCUT2D eigenvalue weighted by Gasteiger charge is -2.31. The molecule has 4 heteroatoms. The number of hydrogen-bond acceptors (Lipinski definition) is 3. The van der Waals surface area contributed by atoms with E-state index in [4.69, 9.17) is 9.97 Å². The summed E-state index contributed by atoms with van der Waals surface area (Å²) in [5.41, 5.74) is 22.5. The van der Waals surface area contributed by atoms with Gasteiger partial charge in [0.25, 0.3) is 0 Å². The summed E-state index contributed by atoms with van der Waals surface area (Å²) >= 11 is 1.81. The van der Waals surface area contributed by atoms with Crippen molar-refractivity contribution in [2.45, 2.75) is 5.41 Å². The lowest BCUT2D eigenvalue weighted by atomic mass is 9.38. The molecule has 14 rings (SSSR count). The van der Waals surface area contributed by atoms with Crippen LogP contribution in [0.1, 0.15) is 22.3 Å². The Morgan fingerprint density at radius 2 is 1.00 bits per heavy atom. The number of rotatable bonds is 3. The Morgan fingerprint density at radius 3 is 1.72 bits per heavy atom. The van der Waals surface area contributed by atoms with Crippen LogP contribution in [-0.2, 0) is 5.41 Å². The van der Waals surface area contributed by atoms with Gasteiger partial charge in [0.05, 0.1) is 16.4 Å². The molecule has 280 valence electrons. The van der Waals surface area contributed by atoms with Crippen molar-refractivity contribution in [1.82, 2.24) is 9.97 Å². The summed E-state index contributed by atoms with van der Waals surface area (Å²) in [5.74, 6) is 0. The van der Waals surface area contributed by atoms with Crippen LogP contribution in [0.5, 0.6) is 0 Å². The van der Waals surface area contributed by atoms with Crippen LogP contribution in [0.15, 0.2) is 200 Å². The lowest BCUT2D eigenvalue weighted by molar-refractivity contribution is 0.794. The van der Waals surface area contributed by atoms with E-state index in [1.165, 1.54) is 104 Å². The predicted molar refractivity (Wildman–Crippen MR) is 256 cm³/mol. The molecule has 1 aliphatic heterocycles. The summed E-state index contributed by atoms with van der Waals surface area (Å²) in [4.78, 5) is 11.1. The average molecular weight is 789 g/mol. The smallest absolute Gasteiger partial charge is 0.243 e. The van der Waals surface area contributed by atoms with Crippen molar-refractivity contribution in [3.05, 3.63) is 222 Å². The zero-order chi connectivity index (χ0) is 39.8. The third-order valence-electron chi connectivity index (χ3n) is 14.0.